The van der Waals surface area contributed by atoms with Crippen molar-refractivity contribution in [3.8, 4) is 0 Å². The monoisotopic (exact) mass is 874 g/mol. The van der Waals surface area contributed by atoms with E-state index in [-0.39, 0.29) is 10.6 Å². The average molecular weight is 876 g/mol. The van der Waals surface area contributed by atoms with Crippen LogP contribution in [0.5, 0.6) is 0 Å². The average Bonchev–Trinajstić information content (AvgIpc) is 3.74. The molecule has 11 nitrogen and oxygen atoms in total. The molecular formula is C40H43BBrF3N2O9S. The Balaban J connectivity index is 0.000000218. The van der Waals surface area contributed by atoms with E-state index in [0.29, 0.717) is 23.9 Å². The number of carboxylic acids is 1. The Bertz CT molecular complexity index is 2260. The van der Waals surface area contributed by atoms with Crippen molar-refractivity contribution < 1.29 is 55.1 Å². The first-order valence-electron chi connectivity index (χ1n) is 17.2. The molecule has 5 aromatic rings. The fraction of sp³-hybridized carbons (Fsp3) is 0.275. The molecule has 1 aliphatic heterocycles. The normalized spacial score (nSPS) is 14.2. The number of fused-ring (bicyclic) bond motifs is 1. The van der Waals surface area contributed by atoms with Crippen molar-refractivity contribution in [2.24, 2.45) is 5.73 Å². The van der Waals surface area contributed by atoms with Gasteiger partial charge < -0.3 is 29.9 Å². The molecule has 0 bridgehead atoms. The largest absolute Gasteiger partial charge is 0.494 e. The predicted octanol–water partition coefficient (Wildman–Crippen LogP) is 7.53. The number of sulfone groups is 1. The van der Waals surface area contributed by atoms with Crippen LogP contribution < -0.4 is 11.2 Å². The minimum atomic E-state index is -4.40. The van der Waals surface area contributed by atoms with Gasteiger partial charge in [0, 0.05) is 11.0 Å². The molecule has 304 valence electrons. The van der Waals surface area contributed by atoms with Crippen LogP contribution in [0.4, 0.5) is 13.2 Å². The smallest absolute Gasteiger partial charge is 0.478 e. The highest BCUT2D eigenvalue weighted by Gasteiger charge is 2.51. The molecule has 0 amide bonds. The van der Waals surface area contributed by atoms with Crippen molar-refractivity contribution in [3.05, 3.63) is 130 Å². The summed E-state index contributed by atoms with van der Waals surface area (Å²) in [4.78, 5) is 34.2. The number of aldehydes is 1. The number of carboxylic acid groups (broad SMARTS) is 1. The lowest BCUT2D eigenvalue weighted by molar-refractivity contribution is -0.141. The number of ether oxygens (including phenoxy) is 1. The molecule has 1 aromatic heterocycles. The van der Waals surface area contributed by atoms with Crippen LogP contribution in [-0.2, 0) is 41.4 Å². The van der Waals surface area contributed by atoms with E-state index in [1.54, 1.807) is 12.1 Å². The molecule has 0 aliphatic carbocycles. The van der Waals surface area contributed by atoms with E-state index in [1.807, 2.05) is 100 Å². The number of carbonyl (C=O) groups is 3. The van der Waals surface area contributed by atoms with Crippen molar-refractivity contribution in [2.45, 2.75) is 63.4 Å². The second kappa shape index (κ2) is 19.6. The predicted molar refractivity (Wildman–Crippen MR) is 215 cm³/mol. The van der Waals surface area contributed by atoms with E-state index < -0.39 is 57.7 Å². The first-order valence-corrected chi connectivity index (χ1v) is 19.6. The van der Waals surface area contributed by atoms with Gasteiger partial charge in [-0.05, 0) is 98.4 Å². The highest BCUT2D eigenvalue weighted by atomic mass is 79.9. The number of methoxy groups -OCH3 is 1. The number of carbonyl (C=O) groups excluding carboxylic acids is 2. The van der Waals surface area contributed by atoms with Crippen LogP contribution in [0.15, 0.2) is 106 Å². The van der Waals surface area contributed by atoms with Crippen molar-refractivity contribution in [1.29, 1.82) is 0 Å². The van der Waals surface area contributed by atoms with Gasteiger partial charge in [-0.25, -0.2) is 13.2 Å². The number of H-pyrrole nitrogens is 1. The summed E-state index contributed by atoms with van der Waals surface area (Å²) < 4.78 is 77.2. The van der Waals surface area contributed by atoms with Gasteiger partial charge in [0.1, 0.15) is 5.69 Å². The SMILES string of the molecule is COC(=O)CS(=O)(=O)c1cccc(B2OC(C)(C)C(C)(C)O2)c1.Cc1ccc2ccccc2c1C(=O)O.NCc1ccc(Br)cc1.O=Cc1ccc(C(F)(F)F)[nH]1. The van der Waals surface area contributed by atoms with Gasteiger partial charge >= 0.3 is 25.2 Å². The maximum absolute atomic E-state index is 12.2. The number of benzene rings is 4. The number of esters is 1. The number of rotatable bonds is 7. The van der Waals surface area contributed by atoms with Crippen LogP contribution in [0.1, 0.15) is 65.4 Å². The summed E-state index contributed by atoms with van der Waals surface area (Å²) in [6.45, 7) is 10.1. The first kappa shape index (κ1) is 46.6. The minimum absolute atomic E-state index is 0.0371. The van der Waals surface area contributed by atoms with E-state index in [1.165, 1.54) is 17.7 Å². The van der Waals surface area contributed by atoms with Gasteiger partial charge in [-0.15, -0.1) is 0 Å². The van der Waals surface area contributed by atoms with Gasteiger partial charge in [-0.1, -0.05) is 76.6 Å². The molecule has 17 heteroatoms. The van der Waals surface area contributed by atoms with Crippen molar-refractivity contribution in [1.82, 2.24) is 4.98 Å². The minimum Gasteiger partial charge on any atom is -0.478 e. The lowest BCUT2D eigenvalue weighted by atomic mass is 9.79. The quantitative estimate of drug-likeness (QED) is 0.0842. The van der Waals surface area contributed by atoms with E-state index in [2.05, 4.69) is 20.7 Å². The molecule has 57 heavy (non-hydrogen) atoms. The van der Waals surface area contributed by atoms with Crippen LogP contribution in [-0.4, -0.2) is 67.9 Å². The number of alkyl halides is 3. The molecule has 1 fully saturated rings. The van der Waals surface area contributed by atoms with E-state index in [4.69, 9.17) is 20.1 Å². The number of aryl methyl sites for hydroxylation is 1. The molecule has 0 spiro atoms. The number of nitrogens with two attached hydrogens (primary N) is 1. The Kier molecular flexibility index (Phi) is 16.0. The summed E-state index contributed by atoms with van der Waals surface area (Å²) in [5, 5.41) is 10.8. The van der Waals surface area contributed by atoms with Crippen molar-refractivity contribution in [2.75, 3.05) is 12.9 Å². The molecule has 1 aliphatic rings. The third kappa shape index (κ3) is 12.8. The van der Waals surface area contributed by atoms with Crippen LogP contribution >= 0.6 is 15.9 Å². The van der Waals surface area contributed by atoms with Gasteiger partial charge in [0.15, 0.2) is 21.9 Å². The van der Waals surface area contributed by atoms with Gasteiger partial charge in [0.05, 0.1) is 34.5 Å². The zero-order chi connectivity index (χ0) is 42.8. The van der Waals surface area contributed by atoms with Crippen LogP contribution in [0.3, 0.4) is 0 Å². The van der Waals surface area contributed by atoms with Gasteiger partial charge in [0.2, 0.25) is 0 Å². The summed E-state index contributed by atoms with van der Waals surface area (Å²) in [7, 11) is -3.27. The van der Waals surface area contributed by atoms with Crippen LogP contribution in [0.25, 0.3) is 10.8 Å². The summed E-state index contributed by atoms with van der Waals surface area (Å²) in [6.07, 6.45) is -4.07. The highest BCUT2D eigenvalue weighted by Crippen LogP contribution is 2.36. The first-order chi connectivity index (χ1) is 26.5. The molecule has 2 heterocycles. The Morgan fingerprint density at radius 1 is 0.930 bits per heavy atom. The highest BCUT2D eigenvalue weighted by molar-refractivity contribution is 9.10. The maximum Gasteiger partial charge on any atom is 0.494 e. The zero-order valence-corrected chi connectivity index (χ0v) is 34.4. The van der Waals surface area contributed by atoms with E-state index in [0.717, 1.165) is 40.1 Å². The number of nitrogens with one attached hydrogen (secondary N) is 1. The molecule has 0 unspecified atom stereocenters. The number of halogens is 4. The van der Waals surface area contributed by atoms with Gasteiger partial charge in [-0.3, -0.25) is 9.59 Å². The summed E-state index contributed by atoms with van der Waals surface area (Å²) in [5.74, 6) is -2.36. The fourth-order valence-electron chi connectivity index (χ4n) is 5.06. The third-order valence-electron chi connectivity index (χ3n) is 8.92. The summed E-state index contributed by atoms with van der Waals surface area (Å²) in [5.41, 5.74) is 6.34. The Morgan fingerprint density at radius 2 is 1.54 bits per heavy atom. The van der Waals surface area contributed by atoms with Crippen LogP contribution in [0.2, 0.25) is 0 Å². The second-order valence-corrected chi connectivity index (χ2v) is 16.5. The molecule has 6 rings (SSSR count). The number of hydrogen-bond acceptors (Lipinski definition) is 9. The Hall–Kier alpha value is -4.81. The topological polar surface area (TPSA) is 175 Å². The van der Waals surface area contributed by atoms with Crippen molar-refractivity contribution in [3.63, 3.8) is 0 Å². The molecule has 0 saturated carbocycles. The number of aromatic nitrogens is 1. The fourth-order valence-corrected chi connectivity index (χ4v) is 6.52. The van der Waals surface area contributed by atoms with Crippen LogP contribution in [0, 0.1) is 6.92 Å². The zero-order valence-electron chi connectivity index (χ0n) is 32.0. The Labute approximate surface area is 337 Å². The van der Waals surface area contributed by atoms with E-state index in [9.17, 15) is 36.0 Å². The Morgan fingerprint density at radius 3 is 2.05 bits per heavy atom. The number of aromatic amines is 1. The summed E-state index contributed by atoms with van der Waals surface area (Å²) in [6, 6.07) is 27.4. The number of aromatic carboxylic acids is 1. The third-order valence-corrected chi connectivity index (χ3v) is 11.0. The molecular weight excluding hydrogens is 832 g/mol. The van der Waals surface area contributed by atoms with Gasteiger partial charge in [-0.2, -0.15) is 13.2 Å². The lowest BCUT2D eigenvalue weighted by Crippen LogP contribution is -2.41. The van der Waals surface area contributed by atoms with Crippen molar-refractivity contribution >= 4 is 67.3 Å². The molecule has 4 aromatic carbocycles. The van der Waals surface area contributed by atoms with E-state index >= 15 is 0 Å². The molecule has 4 N–H and O–H groups in total. The molecule has 0 atom stereocenters. The molecule has 0 radical (unpaired) electrons. The summed E-state index contributed by atoms with van der Waals surface area (Å²) >= 11 is 3.33. The lowest BCUT2D eigenvalue weighted by Gasteiger charge is -2.32. The maximum atomic E-state index is 12.2. The molecule has 1 saturated heterocycles. The van der Waals surface area contributed by atoms with Gasteiger partial charge in [0.25, 0.3) is 0 Å². The standard InChI is InChI=1S/C15H21BO6S.C12H10O2.C7H8BrN.C6H4F3NO/c1-14(2)15(3,4)22-16(21-14)11-7-6-8-12(9-11)23(18,19)10-13(17)20-5;1-8-6-7-9-4-2-3-5-10(9)11(8)12(13)14;8-7-3-1-6(5-9)2-4-7;7-6(8,9)5-2-1-4(3-11)10-5/h6-9H,10H2,1-5H3;2-7H,1H3,(H,13,14);1-4H,5,9H2;1-3,10H. The number of hydrogen-bond donors (Lipinski definition) is 3. The second-order valence-electron chi connectivity index (χ2n) is 13.6.